The van der Waals surface area contributed by atoms with E-state index in [0.29, 0.717) is 64.8 Å². The third-order valence-electron chi connectivity index (χ3n) is 15.1. The molecule has 0 spiro atoms. The van der Waals surface area contributed by atoms with Crippen LogP contribution in [-0.2, 0) is 35.2 Å². The number of aryl methyl sites for hydroxylation is 1. The van der Waals surface area contributed by atoms with Gasteiger partial charge in [0.1, 0.15) is 23.7 Å². The average Bonchev–Trinajstić information content (AvgIpc) is 4.03. The molecule has 0 bridgehead atoms. The van der Waals surface area contributed by atoms with Gasteiger partial charge in [0.25, 0.3) is 0 Å². The van der Waals surface area contributed by atoms with E-state index in [1.54, 1.807) is 29.7 Å². The number of nitrogens with one attached hydrogen (secondary N) is 3. The van der Waals surface area contributed by atoms with E-state index in [2.05, 4.69) is 25.9 Å². The minimum atomic E-state index is -0.797. The van der Waals surface area contributed by atoms with Crippen LogP contribution in [0.25, 0.3) is 21.3 Å². The Bertz CT molecular complexity index is 2700. The fourth-order valence-electron chi connectivity index (χ4n) is 10.7. The summed E-state index contributed by atoms with van der Waals surface area (Å²) in [4.78, 5) is 67.0. The van der Waals surface area contributed by atoms with Crippen molar-refractivity contribution in [2.75, 3.05) is 57.9 Å². The lowest BCUT2D eigenvalue weighted by Crippen LogP contribution is -2.57. The van der Waals surface area contributed by atoms with Crippen LogP contribution in [0.2, 0.25) is 0 Å². The van der Waals surface area contributed by atoms with Gasteiger partial charge in [-0.2, -0.15) is 0 Å². The second-order valence-electron chi connectivity index (χ2n) is 21.5. The molecule has 4 heterocycles. The molecule has 2 aliphatic heterocycles. The highest BCUT2D eigenvalue weighted by atomic mass is 32.1. The van der Waals surface area contributed by atoms with E-state index >= 15 is 0 Å². The predicted octanol–water partition coefficient (Wildman–Crippen LogP) is 8.43. The normalized spacial score (nSPS) is 20.2. The Kier molecular flexibility index (Phi) is 19.0. The van der Waals surface area contributed by atoms with Gasteiger partial charge in [0, 0.05) is 75.2 Å². The number of hydrogen-bond donors (Lipinski definition) is 4. The van der Waals surface area contributed by atoms with Gasteiger partial charge in [0.15, 0.2) is 0 Å². The molecule has 4 amide bonds. The molecule has 4 N–H and O–H groups in total. The van der Waals surface area contributed by atoms with Crippen molar-refractivity contribution in [2.24, 2.45) is 17.3 Å². The van der Waals surface area contributed by atoms with Gasteiger partial charge in [-0.25, -0.2) is 9.37 Å². The maximum atomic E-state index is 14.1. The Hall–Kier alpha value is -5.85. The fraction of sp³-hybridized carbons (Fsp3) is 0.517. The number of hydrogen-bond acceptors (Lipinski definition) is 12. The molecule has 5 aromatic rings. The van der Waals surface area contributed by atoms with Crippen molar-refractivity contribution >= 4 is 51.6 Å². The zero-order valence-corrected chi connectivity index (χ0v) is 44.8. The Morgan fingerprint density at radius 3 is 2.29 bits per heavy atom. The summed E-state index contributed by atoms with van der Waals surface area (Å²) in [6.07, 6.45) is 6.60. The Balaban J connectivity index is 0.669. The number of rotatable bonds is 21. The lowest BCUT2D eigenvalue weighted by molar-refractivity contribution is -0.142. The van der Waals surface area contributed by atoms with Crippen LogP contribution >= 0.6 is 11.3 Å². The summed E-state index contributed by atoms with van der Waals surface area (Å²) < 4.78 is 31.9. The van der Waals surface area contributed by atoms with E-state index in [0.717, 1.165) is 75.3 Å². The molecule has 2 saturated heterocycles. The quantitative estimate of drug-likeness (QED) is 0.0518. The second kappa shape index (κ2) is 25.8. The second-order valence-corrected chi connectivity index (χ2v) is 22.3. The number of aromatic nitrogens is 2. The van der Waals surface area contributed by atoms with Crippen LogP contribution in [0.4, 0.5) is 10.1 Å². The molecule has 75 heavy (non-hydrogen) atoms. The number of pyridine rings is 1. The van der Waals surface area contributed by atoms with Crippen molar-refractivity contribution in [1.82, 2.24) is 30.4 Å². The lowest BCUT2D eigenvalue weighted by atomic mass is 9.73. The van der Waals surface area contributed by atoms with Crippen LogP contribution in [0.1, 0.15) is 102 Å². The van der Waals surface area contributed by atoms with E-state index in [4.69, 9.17) is 14.2 Å². The van der Waals surface area contributed by atoms with Crippen molar-refractivity contribution in [3.63, 3.8) is 0 Å². The number of β-amino-alcohol motifs (C(OH)–C–C–N with tert-alkyl or cyclic N) is 1. The number of carbonyl (C=O) groups excluding carboxylic acids is 4. The Morgan fingerprint density at radius 2 is 1.60 bits per heavy atom. The number of anilines is 1. The number of piperidine rings is 1. The first-order chi connectivity index (χ1) is 36.1. The smallest absolute Gasteiger partial charge is 0.243 e. The Morgan fingerprint density at radius 1 is 0.880 bits per heavy atom. The highest BCUT2D eigenvalue weighted by Gasteiger charge is 2.44. The van der Waals surface area contributed by atoms with Crippen LogP contribution in [0.3, 0.4) is 0 Å². The molecule has 3 fully saturated rings. The van der Waals surface area contributed by atoms with Gasteiger partial charge in [0.2, 0.25) is 23.6 Å². The van der Waals surface area contributed by atoms with E-state index < -0.39 is 23.6 Å². The molecule has 1 saturated carbocycles. The van der Waals surface area contributed by atoms with E-state index in [-0.39, 0.29) is 73.4 Å². The van der Waals surface area contributed by atoms with Gasteiger partial charge in [-0.15, -0.1) is 11.3 Å². The molecule has 8 rings (SSSR count). The number of ether oxygens (including phenoxy) is 3. The number of nitrogens with zero attached hydrogens (tertiary/aromatic N) is 4. The summed E-state index contributed by atoms with van der Waals surface area (Å²) in [6, 6.07) is 20.8. The largest absolute Gasteiger partial charge is 0.490 e. The molecule has 0 unspecified atom stereocenters. The first-order valence-electron chi connectivity index (χ1n) is 26.6. The van der Waals surface area contributed by atoms with Crippen molar-refractivity contribution in [3.05, 3.63) is 107 Å². The summed E-state index contributed by atoms with van der Waals surface area (Å²) in [5.41, 5.74) is 6.99. The highest BCUT2D eigenvalue weighted by molar-refractivity contribution is 7.13. The standard InChI is InChI=1S/C58H74FN7O8S/c1-37(40-10-12-41(13-11-40)48-20-24-60-50-19-14-43(59)32-49(48)50)55(69)64-44-15-17-46(18-16-44)74-47-21-26-65(27-22-47)52(68)23-28-72-30-31-73-29-25-61-54(58(3,4)5)57(71)66-35-45(67)33-51(66)56(70)62-34-39-6-8-42(9-7-39)53-38(2)63-36-75-53/h6-9,14-20,24,32,36-37,40-41,45,47,51,54,61,67H,10-13,21-23,25-31,33-35H2,1-5H3,(H,62,70)(H,64,69)/t37-,40?,41?,45-,51+,54-/m1/s1. The molecule has 4 atom stereocenters. The predicted molar refractivity (Wildman–Crippen MR) is 289 cm³/mol. The molecule has 3 aromatic carbocycles. The van der Waals surface area contributed by atoms with Gasteiger partial charge in [-0.1, -0.05) is 52.0 Å². The Labute approximate surface area is 444 Å². The third-order valence-corrected chi connectivity index (χ3v) is 16.1. The number of fused-ring (bicyclic) bond motifs is 1. The molecular weight excluding hydrogens is 974 g/mol. The highest BCUT2D eigenvalue weighted by Crippen LogP contribution is 2.41. The van der Waals surface area contributed by atoms with E-state index in [9.17, 15) is 28.7 Å². The summed E-state index contributed by atoms with van der Waals surface area (Å²) in [5, 5.41) is 20.9. The summed E-state index contributed by atoms with van der Waals surface area (Å²) in [5.74, 6) is 0.409. The minimum absolute atomic E-state index is 0.00144. The van der Waals surface area contributed by atoms with Crippen molar-refractivity contribution in [1.29, 1.82) is 0 Å². The van der Waals surface area contributed by atoms with Crippen LogP contribution in [0.15, 0.2) is 84.5 Å². The van der Waals surface area contributed by atoms with Crippen molar-refractivity contribution in [3.8, 4) is 16.2 Å². The van der Waals surface area contributed by atoms with Gasteiger partial charge in [-0.05, 0) is 115 Å². The molecule has 2 aromatic heterocycles. The van der Waals surface area contributed by atoms with E-state index in [1.807, 2.05) is 99.6 Å². The first kappa shape index (κ1) is 55.4. The maximum absolute atomic E-state index is 14.1. The van der Waals surface area contributed by atoms with Crippen molar-refractivity contribution < 1.29 is 42.9 Å². The zero-order valence-electron chi connectivity index (χ0n) is 44.0. The van der Waals surface area contributed by atoms with Crippen LogP contribution in [0.5, 0.6) is 5.75 Å². The van der Waals surface area contributed by atoms with Gasteiger partial charge < -0.3 is 45.1 Å². The minimum Gasteiger partial charge on any atom is -0.490 e. The van der Waals surface area contributed by atoms with Crippen LogP contribution < -0.4 is 20.7 Å². The molecule has 15 nitrogen and oxygen atoms in total. The fourth-order valence-corrected chi connectivity index (χ4v) is 11.6. The molecule has 3 aliphatic rings. The van der Waals surface area contributed by atoms with E-state index in [1.165, 1.54) is 11.0 Å². The molecular formula is C58H74FN7O8S. The molecule has 0 radical (unpaired) electrons. The number of aliphatic hydroxyl groups is 1. The summed E-state index contributed by atoms with van der Waals surface area (Å²) in [6.45, 7) is 13.1. The number of thiazole rings is 1. The number of halogens is 1. The summed E-state index contributed by atoms with van der Waals surface area (Å²) >= 11 is 1.59. The van der Waals surface area contributed by atoms with Crippen LogP contribution in [-0.4, -0.2) is 125 Å². The number of amides is 4. The monoisotopic (exact) mass is 1050 g/mol. The number of aliphatic hydroxyl groups excluding tert-OH is 1. The van der Waals surface area contributed by atoms with Crippen molar-refractivity contribution in [2.45, 2.75) is 123 Å². The number of benzene rings is 3. The lowest BCUT2D eigenvalue weighted by Gasteiger charge is -2.35. The number of likely N-dealkylation sites (tertiary alicyclic amines) is 2. The maximum Gasteiger partial charge on any atom is 0.243 e. The first-order valence-corrected chi connectivity index (χ1v) is 27.5. The van der Waals surface area contributed by atoms with Gasteiger partial charge in [0.05, 0.1) is 66.6 Å². The topological polar surface area (TPSA) is 185 Å². The molecule has 17 heteroatoms. The van der Waals surface area contributed by atoms with Crippen LogP contribution in [0, 0.1) is 30.0 Å². The molecule has 402 valence electrons. The number of carbonyl (C=O) groups is 4. The van der Waals surface area contributed by atoms with Gasteiger partial charge >= 0.3 is 0 Å². The SMILES string of the molecule is Cc1ncsc1-c1ccc(CNC(=O)[C@@H]2C[C@@H](O)CN2C(=O)[C@@H](NCCOCCOCCC(=O)N2CCC(Oc3ccc(NC(=O)[C@H](C)C4CCC(c5ccnc6ccc(F)cc56)CC4)cc3)CC2)C(C)(C)C)cc1. The zero-order chi connectivity index (χ0) is 53.1. The van der Waals surface area contributed by atoms with Gasteiger partial charge in [-0.3, -0.25) is 24.2 Å². The third kappa shape index (κ3) is 14.8. The molecule has 1 aliphatic carbocycles. The average molecular weight is 1050 g/mol. The summed E-state index contributed by atoms with van der Waals surface area (Å²) in [7, 11) is 0.